The van der Waals surface area contributed by atoms with Gasteiger partial charge in [0.2, 0.25) is 0 Å². The van der Waals surface area contributed by atoms with E-state index in [4.69, 9.17) is 0 Å². The van der Waals surface area contributed by atoms with Gasteiger partial charge < -0.3 is 10.3 Å². The first-order valence-electron chi connectivity index (χ1n) is 6.96. The number of nitrogens with zero attached hydrogens (tertiary/aromatic N) is 2. The lowest BCUT2D eigenvalue weighted by atomic mass is 10.1. The van der Waals surface area contributed by atoms with Crippen LogP contribution in [0.15, 0.2) is 42.9 Å². The molecule has 108 valence electrons. The van der Waals surface area contributed by atoms with Gasteiger partial charge in [-0.25, -0.2) is 9.97 Å². The van der Waals surface area contributed by atoms with Gasteiger partial charge in [-0.05, 0) is 29.3 Å². The summed E-state index contributed by atoms with van der Waals surface area (Å²) >= 11 is 2.40. The van der Waals surface area contributed by atoms with Gasteiger partial charge in [0.25, 0.3) is 0 Å². The Labute approximate surface area is 137 Å². The molecule has 2 N–H and O–H groups in total. The number of aromatic nitrogens is 3. The molecular weight excluding hydrogens is 375 g/mol. The van der Waals surface area contributed by atoms with Crippen LogP contribution in [-0.4, -0.2) is 25.4 Å². The fourth-order valence-electron chi connectivity index (χ4n) is 2.26. The van der Waals surface area contributed by atoms with Gasteiger partial charge in [0.05, 0.1) is 0 Å². The van der Waals surface area contributed by atoms with E-state index >= 15 is 0 Å². The van der Waals surface area contributed by atoms with Crippen molar-refractivity contribution in [2.45, 2.75) is 17.3 Å². The lowest BCUT2D eigenvalue weighted by Crippen LogP contribution is -2.10. The third-order valence-corrected chi connectivity index (χ3v) is 3.76. The summed E-state index contributed by atoms with van der Waals surface area (Å²) in [5.41, 5.74) is 3.39. The highest BCUT2D eigenvalue weighted by Crippen LogP contribution is 2.19. The van der Waals surface area contributed by atoms with E-state index < -0.39 is 0 Å². The second kappa shape index (κ2) is 6.43. The van der Waals surface area contributed by atoms with Gasteiger partial charge in [0.1, 0.15) is 11.5 Å². The number of nitrogens with one attached hydrogen (secondary N) is 2. The van der Waals surface area contributed by atoms with Gasteiger partial charge in [0, 0.05) is 40.9 Å². The second-order valence-electron chi connectivity index (χ2n) is 5.10. The number of anilines is 1. The minimum atomic E-state index is 0.586. The Balaban J connectivity index is 1.73. The molecule has 0 aliphatic carbocycles. The zero-order valence-corrected chi connectivity index (χ0v) is 14.0. The third-order valence-electron chi connectivity index (χ3n) is 3.32. The van der Waals surface area contributed by atoms with E-state index in [0.717, 1.165) is 24.4 Å². The molecule has 3 rings (SSSR count). The van der Waals surface area contributed by atoms with E-state index in [2.05, 4.69) is 61.9 Å². The molecule has 0 spiro atoms. The molecule has 3 aromatic rings. The predicted octanol–water partition coefficient (Wildman–Crippen LogP) is 3.78. The molecule has 0 aliphatic rings. The maximum atomic E-state index is 4.47. The van der Waals surface area contributed by atoms with Crippen molar-refractivity contribution in [2.24, 2.45) is 0 Å². The van der Waals surface area contributed by atoms with Gasteiger partial charge >= 0.3 is 0 Å². The Morgan fingerprint density at radius 2 is 2.19 bits per heavy atom. The molecule has 5 heteroatoms. The molecule has 0 aromatic carbocycles. The van der Waals surface area contributed by atoms with Crippen LogP contribution in [0.1, 0.15) is 18.1 Å². The number of alkyl halides is 1. The summed E-state index contributed by atoms with van der Waals surface area (Å²) < 4.78 is 0.586. The average molecular weight is 392 g/mol. The maximum Gasteiger partial charge on any atom is 0.137 e. The van der Waals surface area contributed by atoms with Crippen LogP contribution in [-0.2, 0) is 6.42 Å². The molecule has 0 aliphatic heterocycles. The first-order valence-corrected chi connectivity index (χ1v) is 8.21. The summed E-state index contributed by atoms with van der Waals surface area (Å²) in [6, 6.07) is 8.24. The van der Waals surface area contributed by atoms with Crippen LogP contribution in [0.3, 0.4) is 0 Å². The van der Waals surface area contributed by atoms with Gasteiger partial charge in [-0.2, -0.15) is 0 Å². The number of H-pyrrole nitrogens is 1. The maximum absolute atomic E-state index is 4.47. The van der Waals surface area contributed by atoms with E-state index in [1.807, 2.05) is 24.5 Å². The van der Waals surface area contributed by atoms with Crippen molar-refractivity contribution in [3.05, 3.63) is 54.0 Å². The van der Waals surface area contributed by atoms with Crippen LogP contribution < -0.4 is 5.32 Å². The smallest absolute Gasteiger partial charge is 0.137 e. The van der Waals surface area contributed by atoms with Gasteiger partial charge in [-0.3, -0.25) is 0 Å². The van der Waals surface area contributed by atoms with Crippen molar-refractivity contribution >= 4 is 39.4 Å². The second-order valence-corrected chi connectivity index (χ2v) is 7.23. The average Bonchev–Trinajstić information content (AvgIpc) is 2.90. The first-order chi connectivity index (χ1) is 10.2. The molecule has 3 heterocycles. The Kier molecular flexibility index (Phi) is 4.38. The molecular formula is C16H17IN4. The number of aromatic amines is 1. The quantitative estimate of drug-likeness (QED) is 0.513. The molecule has 4 nitrogen and oxygen atoms in total. The van der Waals surface area contributed by atoms with E-state index in [1.54, 1.807) is 6.20 Å². The van der Waals surface area contributed by atoms with Crippen LogP contribution in [0, 0.1) is 0 Å². The van der Waals surface area contributed by atoms with Crippen molar-refractivity contribution in [3.8, 4) is 0 Å². The number of hydrogen-bond acceptors (Lipinski definition) is 3. The summed E-state index contributed by atoms with van der Waals surface area (Å²) in [7, 11) is 0. The normalized spacial score (nSPS) is 12.5. The molecule has 21 heavy (non-hydrogen) atoms. The summed E-state index contributed by atoms with van der Waals surface area (Å²) in [6.07, 6.45) is 6.64. The van der Waals surface area contributed by atoms with Gasteiger partial charge in [-0.15, -0.1) is 0 Å². The SMILES string of the molecule is CC(I)CNc1ccc(Cc2c[nH]c3ncccc23)cn1. The van der Waals surface area contributed by atoms with Gasteiger partial charge in [-0.1, -0.05) is 35.6 Å². The summed E-state index contributed by atoms with van der Waals surface area (Å²) in [6.45, 7) is 3.11. The molecule has 0 fully saturated rings. The Morgan fingerprint density at radius 1 is 1.29 bits per heavy atom. The van der Waals surface area contributed by atoms with E-state index in [-0.39, 0.29) is 0 Å². The first kappa shape index (κ1) is 14.3. The number of hydrogen-bond donors (Lipinski definition) is 2. The lowest BCUT2D eigenvalue weighted by molar-refractivity contribution is 1.02. The topological polar surface area (TPSA) is 53.6 Å². The summed E-state index contributed by atoms with van der Waals surface area (Å²) in [5, 5.41) is 4.50. The van der Waals surface area contributed by atoms with E-state index in [1.165, 1.54) is 16.5 Å². The van der Waals surface area contributed by atoms with Gasteiger partial charge in [0.15, 0.2) is 0 Å². The Bertz CT molecular complexity index is 718. The molecule has 1 unspecified atom stereocenters. The van der Waals surface area contributed by atoms with E-state index in [0.29, 0.717) is 3.92 Å². The molecule has 1 atom stereocenters. The Hall–Kier alpha value is -1.63. The highest BCUT2D eigenvalue weighted by molar-refractivity contribution is 14.1. The fraction of sp³-hybridized carbons (Fsp3) is 0.250. The van der Waals surface area contributed by atoms with Crippen molar-refractivity contribution in [2.75, 3.05) is 11.9 Å². The largest absolute Gasteiger partial charge is 0.369 e. The number of pyridine rings is 2. The molecule has 3 aromatic heterocycles. The van der Waals surface area contributed by atoms with E-state index in [9.17, 15) is 0 Å². The molecule has 0 radical (unpaired) electrons. The van der Waals surface area contributed by atoms with Crippen LogP contribution in [0.25, 0.3) is 11.0 Å². The number of rotatable bonds is 5. The molecule has 0 saturated heterocycles. The zero-order valence-electron chi connectivity index (χ0n) is 11.8. The van der Waals surface area contributed by atoms with Crippen LogP contribution in [0.5, 0.6) is 0 Å². The predicted molar refractivity (Wildman–Crippen MR) is 95.1 cm³/mol. The van der Waals surface area contributed by atoms with Crippen molar-refractivity contribution in [1.29, 1.82) is 0 Å². The summed E-state index contributed by atoms with van der Waals surface area (Å²) in [4.78, 5) is 12.0. The molecule has 0 bridgehead atoms. The minimum absolute atomic E-state index is 0.586. The summed E-state index contributed by atoms with van der Waals surface area (Å²) in [5.74, 6) is 0.933. The van der Waals surface area contributed by atoms with Crippen molar-refractivity contribution in [3.63, 3.8) is 0 Å². The molecule has 0 amide bonds. The highest BCUT2D eigenvalue weighted by atomic mass is 127. The lowest BCUT2D eigenvalue weighted by Gasteiger charge is -2.07. The number of halogens is 1. The third kappa shape index (κ3) is 3.53. The van der Waals surface area contributed by atoms with Crippen LogP contribution in [0.2, 0.25) is 0 Å². The zero-order chi connectivity index (χ0) is 14.7. The van der Waals surface area contributed by atoms with Crippen LogP contribution in [0.4, 0.5) is 5.82 Å². The number of fused-ring (bicyclic) bond motifs is 1. The highest BCUT2D eigenvalue weighted by Gasteiger charge is 2.05. The van der Waals surface area contributed by atoms with Crippen LogP contribution >= 0.6 is 22.6 Å². The molecule has 0 saturated carbocycles. The van der Waals surface area contributed by atoms with Crippen molar-refractivity contribution < 1.29 is 0 Å². The Morgan fingerprint density at radius 3 is 2.95 bits per heavy atom. The fourth-order valence-corrected chi connectivity index (χ4v) is 2.48. The monoisotopic (exact) mass is 392 g/mol. The minimum Gasteiger partial charge on any atom is -0.369 e. The standard InChI is InChI=1S/C16H17IN4/c1-11(17)8-19-15-5-4-12(9-20-15)7-13-10-21-16-14(13)3-2-6-18-16/h2-6,9-11H,7-8H2,1H3,(H,18,21)(H,19,20). The van der Waals surface area contributed by atoms with Crippen molar-refractivity contribution in [1.82, 2.24) is 15.0 Å².